The average Bonchev–Trinajstić information content (AvgIpc) is 3.12. The number of carboxylic acid groups (broad SMARTS) is 1. The van der Waals surface area contributed by atoms with E-state index in [9.17, 15) is 4.79 Å². The lowest BCUT2D eigenvalue weighted by Crippen LogP contribution is -2.14. The van der Waals surface area contributed by atoms with E-state index in [1.165, 1.54) is 0 Å². The van der Waals surface area contributed by atoms with Crippen LogP contribution in [0.15, 0.2) is 9.21 Å². The smallest absolute Gasteiger partial charge is 0.315 e. The maximum Gasteiger partial charge on any atom is 0.315 e. The van der Waals surface area contributed by atoms with Crippen LogP contribution in [0.25, 0.3) is 10.2 Å². The molecule has 27 heavy (non-hydrogen) atoms. The minimum Gasteiger partial charge on any atom is -0.483 e. The van der Waals surface area contributed by atoms with Gasteiger partial charge in [0.05, 0.1) is 11.9 Å². The lowest BCUT2D eigenvalue weighted by Gasteiger charge is -2.04. The molecule has 0 aliphatic carbocycles. The molecule has 0 atom stereocenters. The Morgan fingerprint density at radius 3 is 2.70 bits per heavy atom. The van der Waals surface area contributed by atoms with Gasteiger partial charge in [-0.15, -0.1) is 16.4 Å². The van der Waals surface area contributed by atoms with Gasteiger partial charge >= 0.3 is 6.01 Å². The standard InChI is InChI=1S/C15H20N6O2S.CH2O2/c1-8-9(2)24-14-12(8)13(22)17-10(18-14)5-6-16-15-20-19-11(23-15)7-21(3)4;2-1-3/h5-7H2,1-4H3,(H,16,20)(H,17,18,22);1H,(H,2,3). The summed E-state index contributed by atoms with van der Waals surface area (Å²) in [4.78, 5) is 31.8. The van der Waals surface area contributed by atoms with Gasteiger partial charge in [0.25, 0.3) is 12.0 Å². The minimum atomic E-state index is -0.250. The highest BCUT2D eigenvalue weighted by Gasteiger charge is 2.12. The van der Waals surface area contributed by atoms with Crippen LogP contribution in [-0.4, -0.2) is 57.3 Å². The first-order valence-corrected chi connectivity index (χ1v) is 8.95. The number of rotatable bonds is 6. The number of hydrogen-bond donors (Lipinski definition) is 3. The van der Waals surface area contributed by atoms with Gasteiger partial charge in [0.15, 0.2) is 0 Å². The van der Waals surface area contributed by atoms with Gasteiger partial charge in [0.2, 0.25) is 5.89 Å². The molecule has 146 valence electrons. The molecule has 3 aromatic rings. The molecule has 0 bridgehead atoms. The summed E-state index contributed by atoms with van der Waals surface area (Å²) in [6, 6.07) is 0.373. The highest BCUT2D eigenvalue weighted by atomic mass is 32.1. The van der Waals surface area contributed by atoms with E-state index < -0.39 is 0 Å². The van der Waals surface area contributed by atoms with Crippen molar-refractivity contribution in [3.63, 3.8) is 0 Å². The molecule has 3 N–H and O–H groups in total. The fourth-order valence-corrected chi connectivity index (χ4v) is 3.41. The highest BCUT2D eigenvalue weighted by Crippen LogP contribution is 2.25. The fourth-order valence-electron chi connectivity index (χ4n) is 2.36. The molecule has 0 amide bonds. The molecular formula is C16H22N6O4S. The summed E-state index contributed by atoms with van der Waals surface area (Å²) in [7, 11) is 3.87. The van der Waals surface area contributed by atoms with Gasteiger partial charge in [-0.2, -0.15) is 0 Å². The lowest BCUT2D eigenvalue weighted by atomic mass is 10.2. The van der Waals surface area contributed by atoms with Gasteiger partial charge < -0.3 is 24.7 Å². The molecule has 10 nitrogen and oxygen atoms in total. The van der Waals surface area contributed by atoms with E-state index in [1.807, 2.05) is 32.8 Å². The van der Waals surface area contributed by atoms with E-state index in [0.29, 0.717) is 42.6 Å². The van der Waals surface area contributed by atoms with E-state index >= 15 is 0 Å². The van der Waals surface area contributed by atoms with Crippen molar-refractivity contribution in [3.8, 4) is 0 Å². The summed E-state index contributed by atoms with van der Waals surface area (Å²) in [5.74, 6) is 1.20. The Morgan fingerprint density at radius 1 is 1.33 bits per heavy atom. The first-order chi connectivity index (χ1) is 12.8. The molecule has 11 heteroatoms. The topological polar surface area (TPSA) is 137 Å². The Hall–Kier alpha value is -2.79. The Morgan fingerprint density at radius 2 is 2.04 bits per heavy atom. The van der Waals surface area contributed by atoms with Gasteiger partial charge in [0.1, 0.15) is 10.7 Å². The van der Waals surface area contributed by atoms with Crippen LogP contribution in [0.1, 0.15) is 22.2 Å². The van der Waals surface area contributed by atoms with Gasteiger partial charge in [-0.25, -0.2) is 4.98 Å². The van der Waals surface area contributed by atoms with Crippen molar-refractivity contribution in [2.24, 2.45) is 0 Å². The molecule has 3 aromatic heterocycles. The Bertz CT molecular complexity index is 962. The van der Waals surface area contributed by atoms with Crippen molar-refractivity contribution in [2.75, 3.05) is 26.0 Å². The summed E-state index contributed by atoms with van der Waals surface area (Å²) in [5.41, 5.74) is 0.926. The van der Waals surface area contributed by atoms with Gasteiger partial charge in [-0.05, 0) is 33.5 Å². The first-order valence-electron chi connectivity index (χ1n) is 8.13. The maximum absolute atomic E-state index is 12.2. The molecular weight excluding hydrogens is 372 g/mol. The van der Waals surface area contributed by atoms with E-state index in [1.54, 1.807) is 11.3 Å². The van der Waals surface area contributed by atoms with Gasteiger partial charge in [-0.3, -0.25) is 9.59 Å². The van der Waals surface area contributed by atoms with Crippen LogP contribution in [0.5, 0.6) is 0 Å². The number of aromatic nitrogens is 4. The van der Waals surface area contributed by atoms with E-state index in [-0.39, 0.29) is 12.0 Å². The van der Waals surface area contributed by atoms with Crippen molar-refractivity contribution in [1.82, 2.24) is 25.1 Å². The van der Waals surface area contributed by atoms with Crippen molar-refractivity contribution < 1.29 is 14.3 Å². The zero-order chi connectivity index (χ0) is 20.0. The number of aryl methyl sites for hydroxylation is 2. The third kappa shape index (κ3) is 5.34. The van der Waals surface area contributed by atoms with E-state index in [2.05, 4.69) is 25.5 Å². The number of carbonyl (C=O) groups is 1. The molecule has 0 aliphatic rings. The molecule has 0 spiro atoms. The second kappa shape index (κ2) is 9.24. The lowest BCUT2D eigenvalue weighted by molar-refractivity contribution is -0.122. The second-order valence-corrected chi connectivity index (χ2v) is 7.20. The Labute approximate surface area is 159 Å². The molecule has 0 saturated carbocycles. The summed E-state index contributed by atoms with van der Waals surface area (Å²) in [6.07, 6.45) is 0.562. The van der Waals surface area contributed by atoms with Crippen LogP contribution >= 0.6 is 11.3 Å². The average molecular weight is 394 g/mol. The quantitative estimate of drug-likeness (QED) is 0.530. The SMILES string of the molecule is Cc1sc2nc(CCNc3nnc(CN(C)C)o3)[nH]c(=O)c2c1C.O=CO. The van der Waals surface area contributed by atoms with Crippen LogP contribution < -0.4 is 10.9 Å². The number of fused-ring (bicyclic) bond motifs is 1. The van der Waals surface area contributed by atoms with Gasteiger partial charge in [-0.1, -0.05) is 5.10 Å². The number of aromatic amines is 1. The van der Waals surface area contributed by atoms with Crippen molar-refractivity contribution in [1.29, 1.82) is 0 Å². The molecule has 0 aromatic carbocycles. The number of anilines is 1. The third-order valence-corrected chi connectivity index (χ3v) is 4.75. The van der Waals surface area contributed by atoms with Crippen LogP contribution in [0.2, 0.25) is 0 Å². The largest absolute Gasteiger partial charge is 0.483 e. The maximum atomic E-state index is 12.2. The van der Waals surface area contributed by atoms with E-state index in [4.69, 9.17) is 14.3 Å². The molecule has 0 saturated heterocycles. The molecule has 0 aliphatic heterocycles. The Kier molecular flexibility index (Phi) is 7.02. The van der Waals surface area contributed by atoms with Crippen LogP contribution in [0, 0.1) is 13.8 Å². The normalized spacial score (nSPS) is 10.7. The summed E-state index contributed by atoms with van der Waals surface area (Å²) < 4.78 is 5.48. The number of nitrogens with one attached hydrogen (secondary N) is 2. The van der Waals surface area contributed by atoms with Gasteiger partial charge in [0, 0.05) is 17.8 Å². The number of hydrogen-bond acceptors (Lipinski definition) is 9. The number of nitrogens with zero attached hydrogens (tertiary/aromatic N) is 4. The summed E-state index contributed by atoms with van der Waals surface area (Å²) in [6.45, 7) is 4.84. The predicted octanol–water partition coefficient (Wildman–Crippen LogP) is 1.40. The zero-order valence-corrected chi connectivity index (χ0v) is 16.4. The number of H-pyrrole nitrogens is 1. The molecule has 0 radical (unpaired) electrons. The monoisotopic (exact) mass is 394 g/mol. The Balaban J connectivity index is 0.000000817. The summed E-state index contributed by atoms with van der Waals surface area (Å²) in [5, 5.41) is 18.5. The van der Waals surface area contributed by atoms with Crippen LogP contribution in [0.3, 0.4) is 0 Å². The minimum absolute atomic E-state index is 0.0806. The molecule has 3 rings (SSSR count). The molecule has 0 fully saturated rings. The van der Waals surface area contributed by atoms with Crippen molar-refractivity contribution in [3.05, 3.63) is 32.5 Å². The van der Waals surface area contributed by atoms with Crippen LogP contribution in [0.4, 0.5) is 6.01 Å². The third-order valence-electron chi connectivity index (χ3n) is 3.64. The molecule has 3 heterocycles. The summed E-state index contributed by atoms with van der Waals surface area (Å²) >= 11 is 1.55. The molecule has 0 unspecified atom stereocenters. The number of thiophene rings is 1. The van der Waals surface area contributed by atoms with Crippen LogP contribution in [-0.2, 0) is 17.8 Å². The highest BCUT2D eigenvalue weighted by molar-refractivity contribution is 7.18. The zero-order valence-electron chi connectivity index (χ0n) is 15.6. The van der Waals surface area contributed by atoms with Crippen molar-refractivity contribution >= 4 is 34.0 Å². The predicted molar refractivity (Wildman–Crippen MR) is 102 cm³/mol. The first kappa shape index (κ1) is 20.5. The van der Waals surface area contributed by atoms with E-state index in [0.717, 1.165) is 15.3 Å². The van der Waals surface area contributed by atoms with Crippen molar-refractivity contribution in [2.45, 2.75) is 26.8 Å². The second-order valence-electron chi connectivity index (χ2n) is 6.00. The fraction of sp³-hybridized carbons (Fsp3) is 0.438.